The van der Waals surface area contributed by atoms with E-state index in [1.807, 2.05) is 12.1 Å². The number of nitrogens with one attached hydrogen (secondary N) is 2. The molecule has 1 aromatic rings. The van der Waals surface area contributed by atoms with Crippen molar-refractivity contribution in [1.82, 2.24) is 4.72 Å². The summed E-state index contributed by atoms with van der Waals surface area (Å²) in [4.78, 5) is 0.328. The molecule has 0 saturated heterocycles. The Morgan fingerprint density at radius 2 is 1.76 bits per heavy atom. The molecular formula is C16H28N2O2S. The van der Waals surface area contributed by atoms with Crippen LogP contribution in [-0.4, -0.2) is 21.0 Å². The van der Waals surface area contributed by atoms with Crippen molar-refractivity contribution in [3.8, 4) is 0 Å². The second-order valence-electron chi connectivity index (χ2n) is 5.50. The zero-order valence-corrected chi connectivity index (χ0v) is 14.3. The molecule has 0 heterocycles. The van der Waals surface area contributed by atoms with Crippen molar-refractivity contribution in [3.05, 3.63) is 24.3 Å². The van der Waals surface area contributed by atoms with Gasteiger partial charge in [0.25, 0.3) is 0 Å². The second-order valence-corrected chi connectivity index (χ2v) is 7.23. The topological polar surface area (TPSA) is 58.2 Å². The Hall–Kier alpha value is -1.07. The molecule has 0 aliphatic rings. The smallest absolute Gasteiger partial charge is 0.242 e. The summed E-state index contributed by atoms with van der Waals surface area (Å²) in [6.45, 7) is 8.71. The monoisotopic (exact) mass is 312 g/mol. The van der Waals surface area contributed by atoms with Crippen LogP contribution < -0.4 is 10.0 Å². The van der Waals surface area contributed by atoms with E-state index < -0.39 is 10.0 Å². The molecule has 2 unspecified atom stereocenters. The second kappa shape index (κ2) is 8.39. The van der Waals surface area contributed by atoms with Crippen LogP contribution in [0.5, 0.6) is 0 Å². The lowest BCUT2D eigenvalue weighted by molar-refractivity contribution is 0.461. The van der Waals surface area contributed by atoms with E-state index in [4.69, 9.17) is 0 Å². The van der Waals surface area contributed by atoms with Crippen LogP contribution in [0.2, 0.25) is 0 Å². The van der Waals surface area contributed by atoms with Gasteiger partial charge in [0.15, 0.2) is 0 Å². The molecule has 120 valence electrons. The molecule has 5 heteroatoms. The number of para-hydroxylation sites is 1. The highest BCUT2D eigenvalue weighted by atomic mass is 32.2. The summed E-state index contributed by atoms with van der Waals surface area (Å²) < 4.78 is 27.1. The van der Waals surface area contributed by atoms with Crippen LogP contribution in [0, 0.1) is 5.92 Å². The molecule has 0 radical (unpaired) electrons. The first kappa shape index (κ1) is 18.0. The molecule has 0 aliphatic carbocycles. The van der Waals surface area contributed by atoms with E-state index in [-0.39, 0.29) is 6.04 Å². The predicted molar refractivity (Wildman–Crippen MR) is 89.1 cm³/mol. The standard InChI is InChI=1S/C16H28N2O2S/c1-5-13(4)12-14(6-2)18-15-10-8-9-11-16(15)21(19,20)17-7-3/h8-11,13-14,17-18H,5-7,12H2,1-4H3. The summed E-state index contributed by atoms with van der Waals surface area (Å²) in [7, 11) is -3.44. The van der Waals surface area contributed by atoms with E-state index in [9.17, 15) is 8.42 Å². The summed E-state index contributed by atoms with van der Waals surface area (Å²) in [6, 6.07) is 7.39. The van der Waals surface area contributed by atoms with Crippen molar-refractivity contribution in [2.75, 3.05) is 11.9 Å². The Kier molecular flexibility index (Phi) is 7.18. The van der Waals surface area contributed by atoms with Crippen molar-refractivity contribution < 1.29 is 8.42 Å². The zero-order valence-electron chi connectivity index (χ0n) is 13.5. The number of hydrogen-bond acceptors (Lipinski definition) is 3. The Morgan fingerprint density at radius 1 is 1.10 bits per heavy atom. The largest absolute Gasteiger partial charge is 0.381 e. The summed E-state index contributed by atoms with van der Waals surface area (Å²) >= 11 is 0. The molecule has 0 aliphatic heterocycles. The van der Waals surface area contributed by atoms with Gasteiger partial charge in [0.2, 0.25) is 10.0 Å². The van der Waals surface area contributed by atoms with Crippen LogP contribution in [-0.2, 0) is 10.0 Å². The first-order valence-corrected chi connectivity index (χ1v) is 9.28. The molecule has 0 bridgehead atoms. The SMILES string of the molecule is CCNS(=O)(=O)c1ccccc1NC(CC)CC(C)CC. The third-order valence-electron chi connectivity index (χ3n) is 3.75. The summed E-state index contributed by atoms with van der Waals surface area (Å²) in [5, 5.41) is 3.41. The zero-order chi connectivity index (χ0) is 15.9. The van der Waals surface area contributed by atoms with Gasteiger partial charge in [-0.25, -0.2) is 13.1 Å². The minimum absolute atomic E-state index is 0.290. The lowest BCUT2D eigenvalue weighted by atomic mass is 9.97. The van der Waals surface area contributed by atoms with E-state index in [0.717, 1.165) is 19.3 Å². The Bertz CT molecular complexity index is 529. The molecule has 4 nitrogen and oxygen atoms in total. The molecule has 0 fully saturated rings. The van der Waals surface area contributed by atoms with Gasteiger partial charge in [-0.1, -0.05) is 46.2 Å². The van der Waals surface area contributed by atoms with Gasteiger partial charge >= 0.3 is 0 Å². The van der Waals surface area contributed by atoms with Crippen LogP contribution in [0.1, 0.15) is 47.0 Å². The van der Waals surface area contributed by atoms with E-state index >= 15 is 0 Å². The third-order valence-corrected chi connectivity index (χ3v) is 5.35. The number of benzene rings is 1. The molecule has 1 rings (SSSR count). The molecule has 0 aromatic heterocycles. The van der Waals surface area contributed by atoms with Crippen LogP contribution in [0.25, 0.3) is 0 Å². The van der Waals surface area contributed by atoms with Crippen LogP contribution in [0.3, 0.4) is 0 Å². The van der Waals surface area contributed by atoms with Crippen molar-refractivity contribution in [2.45, 2.75) is 57.9 Å². The molecule has 2 atom stereocenters. The van der Waals surface area contributed by atoms with Crippen molar-refractivity contribution >= 4 is 15.7 Å². The molecule has 0 saturated carbocycles. The molecular weight excluding hydrogens is 284 g/mol. The number of rotatable bonds is 9. The molecule has 21 heavy (non-hydrogen) atoms. The summed E-state index contributed by atoms with van der Waals surface area (Å²) in [5.74, 6) is 0.625. The van der Waals surface area contributed by atoms with Crippen molar-refractivity contribution in [1.29, 1.82) is 0 Å². The fourth-order valence-corrected chi connectivity index (χ4v) is 3.50. The third kappa shape index (κ3) is 5.32. The van der Waals surface area contributed by atoms with Gasteiger partial charge in [-0.2, -0.15) is 0 Å². The maximum absolute atomic E-state index is 12.3. The average molecular weight is 312 g/mol. The Balaban J connectivity index is 2.98. The summed E-state index contributed by atoms with van der Waals surface area (Å²) in [5.41, 5.74) is 0.689. The van der Waals surface area contributed by atoms with Gasteiger partial charge in [0.05, 0.1) is 5.69 Å². The Morgan fingerprint density at radius 3 is 2.33 bits per heavy atom. The van der Waals surface area contributed by atoms with Gasteiger partial charge < -0.3 is 5.32 Å². The number of anilines is 1. The van der Waals surface area contributed by atoms with Crippen LogP contribution in [0.4, 0.5) is 5.69 Å². The number of hydrogen-bond donors (Lipinski definition) is 2. The molecule has 0 amide bonds. The fourth-order valence-electron chi connectivity index (χ4n) is 2.29. The summed E-state index contributed by atoms with van der Waals surface area (Å²) in [6.07, 6.45) is 3.15. The van der Waals surface area contributed by atoms with E-state index in [2.05, 4.69) is 30.8 Å². The maximum Gasteiger partial charge on any atom is 0.242 e. The molecule has 2 N–H and O–H groups in total. The van der Waals surface area contributed by atoms with E-state index in [1.54, 1.807) is 19.1 Å². The lowest BCUT2D eigenvalue weighted by Crippen LogP contribution is -2.26. The van der Waals surface area contributed by atoms with Gasteiger partial charge in [-0.3, -0.25) is 0 Å². The van der Waals surface area contributed by atoms with Crippen molar-refractivity contribution in [2.24, 2.45) is 5.92 Å². The average Bonchev–Trinajstić information content (AvgIpc) is 2.46. The van der Waals surface area contributed by atoms with Gasteiger partial charge in [0.1, 0.15) is 4.90 Å². The van der Waals surface area contributed by atoms with Crippen molar-refractivity contribution in [3.63, 3.8) is 0 Å². The minimum atomic E-state index is -3.44. The van der Waals surface area contributed by atoms with Gasteiger partial charge in [-0.05, 0) is 30.9 Å². The highest BCUT2D eigenvalue weighted by Crippen LogP contribution is 2.24. The van der Waals surface area contributed by atoms with Gasteiger partial charge in [0, 0.05) is 12.6 Å². The first-order valence-electron chi connectivity index (χ1n) is 7.79. The van der Waals surface area contributed by atoms with E-state index in [1.165, 1.54) is 0 Å². The molecule has 0 spiro atoms. The minimum Gasteiger partial charge on any atom is -0.381 e. The first-order chi connectivity index (χ1) is 9.94. The van der Waals surface area contributed by atoms with Crippen LogP contribution in [0.15, 0.2) is 29.2 Å². The molecule has 1 aromatic carbocycles. The van der Waals surface area contributed by atoms with Gasteiger partial charge in [-0.15, -0.1) is 0 Å². The van der Waals surface area contributed by atoms with Crippen LogP contribution >= 0.6 is 0 Å². The normalized spacial score (nSPS) is 14.7. The Labute approximate surface area is 129 Å². The highest BCUT2D eigenvalue weighted by molar-refractivity contribution is 7.89. The fraction of sp³-hybridized carbons (Fsp3) is 0.625. The predicted octanol–water partition coefficient (Wildman–Crippen LogP) is 3.61. The maximum atomic E-state index is 12.3. The quantitative estimate of drug-likeness (QED) is 0.732. The lowest BCUT2D eigenvalue weighted by Gasteiger charge is -2.23. The highest BCUT2D eigenvalue weighted by Gasteiger charge is 2.19. The van der Waals surface area contributed by atoms with E-state index in [0.29, 0.717) is 23.0 Å². The number of sulfonamides is 1.